The lowest BCUT2D eigenvalue weighted by molar-refractivity contribution is 0.0595. The molecule has 0 amide bonds. The normalized spacial score (nSPS) is 11.2. The highest BCUT2D eigenvalue weighted by atomic mass is 16.5. The zero-order chi connectivity index (χ0) is 12.0. The van der Waals surface area contributed by atoms with Gasteiger partial charge in [-0.1, -0.05) is 0 Å². The number of fused-ring (bicyclic) bond motifs is 3. The number of hydrogen-bond acceptors (Lipinski definition) is 4. The van der Waals surface area contributed by atoms with E-state index in [-0.39, 0.29) is 5.69 Å². The molecule has 0 bridgehead atoms. The van der Waals surface area contributed by atoms with E-state index in [2.05, 4.69) is 15.1 Å². The van der Waals surface area contributed by atoms with Crippen LogP contribution >= 0.6 is 0 Å². The second-order valence-electron chi connectivity index (χ2n) is 3.71. The summed E-state index contributed by atoms with van der Waals surface area (Å²) in [6.45, 7) is 0. The Morgan fingerprint density at radius 3 is 3.12 bits per heavy atom. The topological polar surface area (TPSA) is 72.8 Å². The van der Waals surface area contributed by atoms with Crippen molar-refractivity contribution < 1.29 is 9.53 Å². The van der Waals surface area contributed by atoms with Crippen molar-refractivity contribution in [2.45, 2.75) is 0 Å². The number of nitrogens with one attached hydrogen (secondary N) is 1. The molecule has 6 heteroatoms. The molecule has 0 aliphatic heterocycles. The molecule has 3 aromatic heterocycles. The number of H-pyrrole nitrogens is 1. The maximum Gasteiger partial charge on any atom is 0.360 e. The molecule has 0 aliphatic rings. The van der Waals surface area contributed by atoms with Crippen molar-refractivity contribution in [2.75, 3.05) is 7.11 Å². The fourth-order valence-electron chi connectivity index (χ4n) is 1.98. The number of aryl methyl sites for hydroxylation is 1. The minimum atomic E-state index is -0.456. The van der Waals surface area contributed by atoms with Crippen LogP contribution in [-0.2, 0) is 11.8 Å². The first-order chi connectivity index (χ1) is 8.22. The molecule has 0 aromatic carbocycles. The second kappa shape index (κ2) is 3.31. The van der Waals surface area contributed by atoms with E-state index in [1.807, 2.05) is 12.1 Å². The number of aromatic nitrogens is 4. The van der Waals surface area contributed by atoms with Crippen LogP contribution < -0.4 is 0 Å². The van der Waals surface area contributed by atoms with Crippen molar-refractivity contribution in [3.63, 3.8) is 0 Å². The summed E-state index contributed by atoms with van der Waals surface area (Å²) in [6.07, 6.45) is 1.71. The molecule has 0 fully saturated rings. The zero-order valence-electron chi connectivity index (χ0n) is 9.39. The van der Waals surface area contributed by atoms with Crippen molar-refractivity contribution >= 4 is 28.0 Å². The molecule has 3 aromatic rings. The number of methoxy groups -OCH3 is 1. The van der Waals surface area contributed by atoms with Crippen molar-refractivity contribution in [2.24, 2.45) is 7.05 Å². The number of aromatic amines is 1. The van der Waals surface area contributed by atoms with E-state index in [1.165, 1.54) is 7.11 Å². The number of ether oxygens (including phenoxy) is 1. The highest BCUT2D eigenvalue weighted by Gasteiger charge is 2.20. The minimum Gasteiger partial charge on any atom is -0.464 e. The summed E-state index contributed by atoms with van der Waals surface area (Å²) >= 11 is 0. The molecule has 0 saturated heterocycles. The van der Waals surface area contributed by atoms with Crippen LogP contribution in [0.5, 0.6) is 0 Å². The summed E-state index contributed by atoms with van der Waals surface area (Å²) in [5.74, 6) is -0.456. The third kappa shape index (κ3) is 1.24. The van der Waals surface area contributed by atoms with E-state index in [0.29, 0.717) is 5.52 Å². The van der Waals surface area contributed by atoms with Gasteiger partial charge in [-0.2, -0.15) is 5.10 Å². The highest BCUT2D eigenvalue weighted by molar-refractivity contribution is 6.10. The Hall–Kier alpha value is -2.37. The fraction of sp³-hybridized carbons (Fsp3) is 0.182. The molecule has 0 atom stereocenters. The molecular weight excluding hydrogens is 220 g/mol. The van der Waals surface area contributed by atoms with Crippen molar-refractivity contribution in [1.29, 1.82) is 0 Å². The summed E-state index contributed by atoms with van der Waals surface area (Å²) in [5, 5.41) is 4.14. The Labute approximate surface area is 96.2 Å². The van der Waals surface area contributed by atoms with Gasteiger partial charge < -0.3 is 9.72 Å². The Morgan fingerprint density at radius 1 is 1.53 bits per heavy atom. The van der Waals surface area contributed by atoms with Gasteiger partial charge in [-0.05, 0) is 12.1 Å². The predicted octanol–water partition coefficient (Wildman–Crippen LogP) is 1.24. The summed E-state index contributed by atoms with van der Waals surface area (Å²) in [7, 11) is 3.11. The molecule has 3 rings (SSSR count). The smallest absolute Gasteiger partial charge is 0.360 e. The molecule has 6 nitrogen and oxygen atoms in total. The number of carbonyl (C=O) groups is 1. The van der Waals surface area contributed by atoms with E-state index in [9.17, 15) is 4.79 Å². The average Bonchev–Trinajstić information content (AvgIpc) is 2.86. The van der Waals surface area contributed by atoms with Crippen LogP contribution in [0.2, 0.25) is 0 Å². The van der Waals surface area contributed by atoms with E-state index in [4.69, 9.17) is 4.74 Å². The first-order valence-corrected chi connectivity index (χ1v) is 5.10. The van der Waals surface area contributed by atoms with Gasteiger partial charge in [0.15, 0.2) is 5.69 Å². The van der Waals surface area contributed by atoms with Crippen LogP contribution in [0.4, 0.5) is 0 Å². The maximum atomic E-state index is 11.6. The highest BCUT2D eigenvalue weighted by Crippen LogP contribution is 2.25. The van der Waals surface area contributed by atoms with E-state index >= 15 is 0 Å². The van der Waals surface area contributed by atoms with Gasteiger partial charge >= 0.3 is 5.97 Å². The SMILES string of the molecule is COC(=O)c1nn(C)c2c1[nH]c1cccnc12. The van der Waals surface area contributed by atoms with Crippen molar-refractivity contribution in [3.05, 3.63) is 24.0 Å². The molecule has 17 heavy (non-hydrogen) atoms. The van der Waals surface area contributed by atoms with Crippen molar-refractivity contribution in [3.8, 4) is 0 Å². The number of esters is 1. The van der Waals surface area contributed by atoms with Crippen LogP contribution in [0.25, 0.3) is 22.1 Å². The van der Waals surface area contributed by atoms with Gasteiger partial charge in [-0.15, -0.1) is 0 Å². The van der Waals surface area contributed by atoms with Crippen LogP contribution in [0.3, 0.4) is 0 Å². The Balaban J connectivity index is 2.45. The largest absolute Gasteiger partial charge is 0.464 e. The second-order valence-corrected chi connectivity index (χ2v) is 3.71. The molecule has 0 radical (unpaired) electrons. The number of carbonyl (C=O) groups excluding carboxylic acids is 1. The predicted molar refractivity (Wildman–Crippen MR) is 61.7 cm³/mol. The van der Waals surface area contributed by atoms with Crippen molar-refractivity contribution in [1.82, 2.24) is 19.7 Å². The molecule has 0 unspecified atom stereocenters. The van der Waals surface area contributed by atoms with E-state index in [1.54, 1.807) is 17.9 Å². The Bertz CT molecular complexity index is 726. The molecule has 86 valence electrons. The first kappa shape index (κ1) is 9.83. The van der Waals surface area contributed by atoms with Crippen LogP contribution in [0.15, 0.2) is 18.3 Å². The van der Waals surface area contributed by atoms with Gasteiger partial charge in [-0.3, -0.25) is 9.67 Å². The third-order valence-corrected chi connectivity index (χ3v) is 2.72. The van der Waals surface area contributed by atoms with Crippen LogP contribution in [0, 0.1) is 0 Å². The Kier molecular flexibility index (Phi) is 1.91. The summed E-state index contributed by atoms with van der Waals surface area (Å²) in [6, 6.07) is 3.74. The number of pyridine rings is 1. The van der Waals surface area contributed by atoms with Gasteiger partial charge in [0.2, 0.25) is 0 Å². The number of rotatable bonds is 1. The summed E-state index contributed by atoms with van der Waals surface area (Å²) < 4.78 is 6.33. The fourth-order valence-corrected chi connectivity index (χ4v) is 1.98. The standard InChI is InChI=1S/C11H10N4O2/c1-15-10-7-6(4-3-5-12-7)13-8(10)9(14-15)11(16)17-2/h3-5,13H,1-2H3. The first-order valence-electron chi connectivity index (χ1n) is 5.10. The maximum absolute atomic E-state index is 11.6. The summed E-state index contributed by atoms with van der Waals surface area (Å²) in [5.41, 5.74) is 3.42. The van der Waals surface area contributed by atoms with Gasteiger partial charge in [0.05, 0.1) is 12.6 Å². The van der Waals surface area contributed by atoms with E-state index in [0.717, 1.165) is 16.6 Å². The minimum absolute atomic E-state index is 0.281. The molecule has 0 aliphatic carbocycles. The quantitative estimate of drug-likeness (QED) is 0.638. The molecule has 1 N–H and O–H groups in total. The van der Waals surface area contributed by atoms with Gasteiger partial charge in [0.1, 0.15) is 16.6 Å². The number of nitrogens with zero attached hydrogens (tertiary/aromatic N) is 3. The number of hydrogen-bond donors (Lipinski definition) is 1. The third-order valence-electron chi connectivity index (χ3n) is 2.72. The lowest BCUT2D eigenvalue weighted by Crippen LogP contribution is -2.04. The Morgan fingerprint density at radius 2 is 2.35 bits per heavy atom. The van der Waals surface area contributed by atoms with Gasteiger partial charge in [0.25, 0.3) is 0 Å². The molecular formula is C11H10N4O2. The monoisotopic (exact) mass is 230 g/mol. The molecule has 0 saturated carbocycles. The zero-order valence-corrected chi connectivity index (χ0v) is 9.39. The van der Waals surface area contributed by atoms with E-state index < -0.39 is 5.97 Å². The van der Waals surface area contributed by atoms with Gasteiger partial charge in [-0.25, -0.2) is 4.79 Å². The van der Waals surface area contributed by atoms with Gasteiger partial charge in [0, 0.05) is 13.2 Å². The van der Waals surface area contributed by atoms with Crippen LogP contribution in [-0.4, -0.2) is 32.8 Å². The molecule has 3 heterocycles. The summed E-state index contributed by atoms with van der Waals surface area (Å²) in [4.78, 5) is 19.0. The average molecular weight is 230 g/mol. The lowest BCUT2D eigenvalue weighted by Gasteiger charge is -1.93. The van der Waals surface area contributed by atoms with Crippen LogP contribution in [0.1, 0.15) is 10.5 Å². The lowest BCUT2D eigenvalue weighted by atomic mass is 10.3. The molecule has 0 spiro atoms.